The maximum absolute atomic E-state index is 13.8. The van der Waals surface area contributed by atoms with E-state index in [1.54, 1.807) is 20.3 Å². The number of carbonyl (C=O) groups excluding carboxylic acids is 2. The number of nitrogens with zero attached hydrogens (tertiary/aromatic N) is 2. The van der Waals surface area contributed by atoms with E-state index in [1.807, 2.05) is 63.2 Å². The van der Waals surface area contributed by atoms with Crippen LogP contribution in [0.4, 0.5) is 5.69 Å². The van der Waals surface area contributed by atoms with Crippen LogP contribution in [0.3, 0.4) is 0 Å². The Morgan fingerprint density at radius 1 is 1.02 bits per heavy atom. The number of amides is 2. The second-order valence-electron chi connectivity index (χ2n) is 11.0. The summed E-state index contributed by atoms with van der Waals surface area (Å²) in [5, 5.41) is 3.42. The van der Waals surface area contributed by atoms with Crippen molar-refractivity contribution in [2.75, 3.05) is 39.6 Å². The van der Waals surface area contributed by atoms with Gasteiger partial charge in [-0.05, 0) is 82.1 Å². The molecule has 0 saturated heterocycles. The van der Waals surface area contributed by atoms with Gasteiger partial charge in [-0.3, -0.25) is 14.5 Å². The van der Waals surface area contributed by atoms with E-state index in [2.05, 4.69) is 10.3 Å². The number of benzene rings is 3. The summed E-state index contributed by atoms with van der Waals surface area (Å²) < 4.78 is 10.7. The molecule has 4 aromatic rings. The van der Waals surface area contributed by atoms with Gasteiger partial charge in [0.15, 0.2) is 11.5 Å². The number of H-pyrrole nitrogens is 1. The number of aryl methyl sites for hydroxylation is 1. The van der Waals surface area contributed by atoms with Crippen LogP contribution in [-0.2, 0) is 16.6 Å². The number of hydrogen-bond acceptors (Lipinski definition) is 7. The number of aromatic amines is 1. The smallest absolute Gasteiger partial charge is 0.263 e. The number of hydrogen-bond donors (Lipinski definition) is 3. The van der Waals surface area contributed by atoms with Crippen molar-refractivity contribution in [3.8, 4) is 22.9 Å². The van der Waals surface area contributed by atoms with Crippen molar-refractivity contribution in [2.24, 2.45) is 0 Å². The van der Waals surface area contributed by atoms with Crippen LogP contribution in [0.5, 0.6) is 11.5 Å². The standard InChI is InChI=1S/C32H37N5O4/c1-19-8-6-9-21(16-19)29-35-27-23(33)18-22-26(28(27)36-29)30(38)37(31(39)32(22,2)3)15-7-13-34-14-12-20-10-11-24(40-4)25(17-20)41-5/h6,8-11,16-18,34H,7,12-15,33H2,1-5H3,(H,35,36). The molecule has 0 saturated carbocycles. The topological polar surface area (TPSA) is 123 Å². The number of aromatic nitrogens is 2. The summed E-state index contributed by atoms with van der Waals surface area (Å²) in [5.41, 5.74) is 11.3. The van der Waals surface area contributed by atoms with Gasteiger partial charge in [0.1, 0.15) is 11.3 Å². The summed E-state index contributed by atoms with van der Waals surface area (Å²) in [5.74, 6) is 1.48. The molecule has 2 amide bonds. The number of rotatable bonds is 10. The summed E-state index contributed by atoms with van der Waals surface area (Å²) in [6.07, 6.45) is 1.44. The van der Waals surface area contributed by atoms with Gasteiger partial charge in [-0.2, -0.15) is 0 Å². The van der Waals surface area contributed by atoms with Crippen molar-refractivity contribution in [3.05, 3.63) is 70.8 Å². The quantitative estimate of drug-likeness (QED) is 0.148. The molecule has 0 bridgehead atoms. The van der Waals surface area contributed by atoms with Crippen LogP contribution in [0.2, 0.25) is 0 Å². The first-order chi connectivity index (χ1) is 19.6. The molecule has 2 heterocycles. The number of methoxy groups -OCH3 is 2. The number of fused-ring (bicyclic) bond motifs is 3. The van der Waals surface area contributed by atoms with Crippen LogP contribution in [0.15, 0.2) is 48.5 Å². The molecule has 1 aliphatic heterocycles. The van der Waals surface area contributed by atoms with Crippen LogP contribution >= 0.6 is 0 Å². The highest BCUT2D eigenvalue weighted by atomic mass is 16.5. The third kappa shape index (κ3) is 5.25. The summed E-state index contributed by atoms with van der Waals surface area (Å²) in [6.45, 7) is 7.42. The Labute approximate surface area is 240 Å². The van der Waals surface area contributed by atoms with Crippen LogP contribution in [-0.4, -0.2) is 60.5 Å². The SMILES string of the molecule is COc1ccc(CCNCCCN2C(=O)c3c(cc(N)c4[nH]c(-c5cccc(C)c5)nc34)C(C)(C)C2=O)cc1OC. The zero-order valence-electron chi connectivity index (χ0n) is 24.3. The first-order valence-electron chi connectivity index (χ1n) is 13.8. The van der Waals surface area contributed by atoms with Gasteiger partial charge in [-0.15, -0.1) is 0 Å². The Kier molecular flexibility index (Phi) is 7.73. The van der Waals surface area contributed by atoms with Crippen molar-refractivity contribution in [2.45, 2.75) is 39.0 Å². The number of ether oxygens (including phenoxy) is 2. The second kappa shape index (κ2) is 11.2. The van der Waals surface area contributed by atoms with Crippen molar-refractivity contribution < 1.29 is 19.1 Å². The van der Waals surface area contributed by atoms with Gasteiger partial charge in [-0.1, -0.05) is 29.8 Å². The molecule has 9 heteroatoms. The fourth-order valence-corrected chi connectivity index (χ4v) is 5.47. The molecule has 0 spiro atoms. The molecule has 4 N–H and O–H groups in total. The molecule has 3 aromatic carbocycles. The number of nitrogens with two attached hydrogens (primary N) is 1. The molecule has 214 valence electrons. The molecule has 0 aliphatic carbocycles. The maximum Gasteiger partial charge on any atom is 0.263 e. The Balaban J connectivity index is 1.30. The molecule has 1 aromatic heterocycles. The predicted octanol–water partition coefficient (Wildman–Crippen LogP) is 4.62. The van der Waals surface area contributed by atoms with Gasteiger partial charge in [0.2, 0.25) is 5.91 Å². The number of imide groups is 1. The Morgan fingerprint density at radius 2 is 1.80 bits per heavy atom. The molecule has 5 rings (SSSR count). The third-order valence-corrected chi connectivity index (χ3v) is 7.78. The summed E-state index contributed by atoms with van der Waals surface area (Å²) >= 11 is 0. The zero-order valence-corrected chi connectivity index (χ0v) is 24.3. The van der Waals surface area contributed by atoms with Gasteiger partial charge in [0.25, 0.3) is 5.91 Å². The second-order valence-corrected chi connectivity index (χ2v) is 11.0. The minimum absolute atomic E-state index is 0.228. The van der Waals surface area contributed by atoms with Crippen molar-refractivity contribution in [1.82, 2.24) is 20.2 Å². The van der Waals surface area contributed by atoms with E-state index in [0.717, 1.165) is 29.7 Å². The predicted molar refractivity (Wildman–Crippen MR) is 160 cm³/mol. The van der Waals surface area contributed by atoms with Gasteiger partial charge in [0.05, 0.1) is 36.4 Å². The first kappa shape index (κ1) is 28.2. The maximum atomic E-state index is 13.8. The minimum atomic E-state index is -0.922. The highest BCUT2D eigenvalue weighted by Gasteiger charge is 2.46. The van der Waals surface area contributed by atoms with E-state index >= 15 is 0 Å². The molecule has 0 atom stereocenters. The molecule has 0 radical (unpaired) electrons. The van der Waals surface area contributed by atoms with Crippen molar-refractivity contribution >= 4 is 28.5 Å². The lowest BCUT2D eigenvalue weighted by Crippen LogP contribution is -2.52. The minimum Gasteiger partial charge on any atom is -0.493 e. The molecular weight excluding hydrogens is 518 g/mol. The van der Waals surface area contributed by atoms with Crippen LogP contribution in [0.1, 0.15) is 47.3 Å². The number of imidazole rings is 1. The number of anilines is 1. The van der Waals surface area contributed by atoms with Crippen molar-refractivity contribution in [1.29, 1.82) is 0 Å². The highest BCUT2D eigenvalue weighted by molar-refractivity contribution is 6.19. The van der Waals surface area contributed by atoms with Crippen LogP contribution < -0.4 is 20.5 Å². The normalized spacial score (nSPS) is 14.4. The molecule has 1 aliphatic rings. The number of nitrogen functional groups attached to an aromatic ring is 1. The van der Waals surface area contributed by atoms with E-state index in [-0.39, 0.29) is 11.8 Å². The zero-order chi connectivity index (χ0) is 29.3. The summed E-state index contributed by atoms with van der Waals surface area (Å²) in [6, 6.07) is 15.6. The van der Waals surface area contributed by atoms with Gasteiger partial charge in [0, 0.05) is 12.1 Å². The molecular formula is C32H37N5O4. The van der Waals surface area contributed by atoms with Gasteiger partial charge >= 0.3 is 0 Å². The first-order valence-corrected chi connectivity index (χ1v) is 13.8. The van der Waals surface area contributed by atoms with E-state index < -0.39 is 5.41 Å². The van der Waals surface area contributed by atoms with E-state index in [9.17, 15) is 9.59 Å². The molecule has 0 fully saturated rings. The molecule has 41 heavy (non-hydrogen) atoms. The van der Waals surface area contributed by atoms with E-state index in [4.69, 9.17) is 20.2 Å². The van der Waals surface area contributed by atoms with E-state index in [0.29, 0.717) is 64.7 Å². The lowest BCUT2D eigenvalue weighted by Gasteiger charge is -2.37. The Hall–Kier alpha value is -4.37. The third-order valence-electron chi connectivity index (χ3n) is 7.78. The Bertz CT molecular complexity index is 1620. The summed E-state index contributed by atoms with van der Waals surface area (Å²) in [4.78, 5) is 36.9. The largest absolute Gasteiger partial charge is 0.493 e. The van der Waals surface area contributed by atoms with E-state index in [1.165, 1.54) is 4.90 Å². The highest BCUT2D eigenvalue weighted by Crippen LogP contribution is 2.40. The fraction of sp³-hybridized carbons (Fsp3) is 0.344. The molecule has 0 unspecified atom stereocenters. The summed E-state index contributed by atoms with van der Waals surface area (Å²) in [7, 11) is 3.24. The number of nitrogens with one attached hydrogen (secondary N) is 2. The Morgan fingerprint density at radius 3 is 2.54 bits per heavy atom. The van der Waals surface area contributed by atoms with Gasteiger partial charge in [-0.25, -0.2) is 4.98 Å². The average Bonchev–Trinajstić information content (AvgIpc) is 3.41. The lowest BCUT2D eigenvalue weighted by atomic mass is 9.76. The lowest BCUT2D eigenvalue weighted by molar-refractivity contribution is -0.134. The average molecular weight is 556 g/mol. The monoisotopic (exact) mass is 555 g/mol. The van der Waals surface area contributed by atoms with Crippen LogP contribution in [0.25, 0.3) is 22.4 Å². The van der Waals surface area contributed by atoms with Crippen molar-refractivity contribution in [3.63, 3.8) is 0 Å². The number of carbonyl (C=O) groups is 2. The van der Waals surface area contributed by atoms with Gasteiger partial charge < -0.3 is 25.5 Å². The fourth-order valence-electron chi connectivity index (χ4n) is 5.47. The molecule has 9 nitrogen and oxygen atoms in total. The van der Waals surface area contributed by atoms with Crippen LogP contribution in [0, 0.1) is 6.92 Å².